The lowest BCUT2D eigenvalue weighted by Gasteiger charge is -2.22. The van der Waals surface area contributed by atoms with Gasteiger partial charge in [0.05, 0.1) is 0 Å². The standard InChI is InChI=1S/C19H24N2O3/c1-11(2)10-19(5)16(22)15(18(24)21-19)17(23)20-14-9-7-6-8-13(14)12(3)4/h6-9,12,15H,1,10H2,2-5H3,(H,20,23)(H,21,24). The SMILES string of the molecule is C=C(C)CC1(C)NC(=O)C(C(=O)Nc2ccccc2C(C)C)C1=O. The van der Waals surface area contributed by atoms with Gasteiger partial charge in [0.2, 0.25) is 11.8 Å². The van der Waals surface area contributed by atoms with Crippen LogP contribution in [-0.2, 0) is 14.4 Å². The van der Waals surface area contributed by atoms with Gasteiger partial charge in [-0.15, -0.1) is 6.58 Å². The summed E-state index contributed by atoms with van der Waals surface area (Å²) >= 11 is 0. The van der Waals surface area contributed by atoms with Gasteiger partial charge in [-0.1, -0.05) is 37.6 Å². The number of nitrogens with one attached hydrogen (secondary N) is 2. The third-order valence-corrected chi connectivity index (χ3v) is 4.23. The number of amides is 2. The van der Waals surface area contributed by atoms with Gasteiger partial charge >= 0.3 is 0 Å². The molecule has 5 heteroatoms. The van der Waals surface area contributed by atoms with E-state index >= 15 is 0 Å². The molecule has 2 atom stereocenters. The lowest BCUT2D eigenvalue weighted by molar-refractivity contribution is -0.135. The molecule has 2 unspecified atom stereocenters. The Morgan fingerprint density at radius 2 is 1.96 bits per heavy atom. The number of benzene rings is 1. The molecule has 0 aromatic heterocycles. The average Bonchev–Trinajstić information content (AvgIpc) is 2.67. The van der Waals surface area contributed by atoms with Gasteiger partial charge in [-0.25, -0.2) is 0 Å². The first kappa shape index (κ1) is 17.9. The Kier molecular flexibility index (Phi) is 4.92. The van der Waals surface area contributed by atoms with E-state index in [-0.39, 0.29) is 5.92 Å². The van der Waals surface area contributed by atoms with Crippen LogP contribution >= 0.6 is 0 Å². The Labute approximate surface area is 142 Å². The first-order chi connectivity index (χ1) is 11.2. The normalized spacial score (nSPS) is 23.3. The van der Waals surface area contributed by atoms with E-state index in [2.05, 4.69) is 17.2 Å². The number of hydrogen-bond donors (Lipinski definition) is 2. The Balaban J connectivity index is 2.23. The molecule has 1 fully saturated rings. The highest BCUT2D eigenvalue weighted by Crippen LogP contribution is 2.29. The van der Waals surface area contributed by atoms with E-state index in [1.54, 1.807) is 19.9 Å². The minimum absolute atomic E-state index is 0.211. The van der Waals surface area contributed by atoms with E-state index in [4.69, 9.17) is 0 Å². The number of rotatable bonds is 5. The van der Waals surface area contributed by atoms with Crippen LogP contribution in [0.15, 0.2) is 36.4 Å². The van der Waals surface area contributed by atoms with Crippen LogP contribution in [-0.4, -0.2) is 23.1 Å². The maximum absolute atomic E-state index is 12.6. The zero-order valence-corrected chi connectivity index (χ0v) is 14.6. The largest absolute Gasteiger partial charge is 0.342 e. The van der Waals surface area contributed by atoms with Gasteiger partial charge in [0, 0.05) is 5.69 Å². The molecule has 1 aliphatic heterocycles. The van der Waals surface area contributed by atoms with Gasteiger partial charge in [-0.2, -0.15) is 0 Å². The molecule has 2 amide bonds. The minimum atomic E-state index is -1.32. The number of anilines is 1. The first-order valence-corrected chi connectivity index (χ1v) is 8.06. The molecule has 2 N–H and O–H groups in total. The molecular formula is C19H24N2O3. The van der Waals surface area contributed by atoms with Crippen LogP contribution in [0.1, 0.15) is 45.6 Å². The molecule has 0 aliphatic carbocycles. The zero-order chi connectivity index (χ0) is 18.1. The maximum Gasteiger partial charge on any atom is 0.244 e. The summed E-state index contributed by atoms with van der Waals surface area (Å²) in [4.78, 5) is 37.4. The van der Waals surface area contributed by atoms with Crippen molar-refractivity contribution in [1.82, 2.24) is 5.32 Å². The van der Waals surface area contributed by atoms with Crippen LogP contribution in [0.2, 0.25) is 0 Å². The highest BCUT2D eigenvalue weighted by Gasteiger charge is 2.52. The number of carbonyl (C=O) groups is 3. The molecule has 24 heavy (non-hydrogen) atoms. The molecule has 128 valence electrons. The third kappa shape index (κ3) is 3.40. The summed E-state index contributed by atoms with van der Waals surface area (Å²) in [6.07, 6.45) is 0.323. The lowest BCUT2D eigenvalue weighted by atomic mass is 9.87. The van der Waals surface area contributed by atoms with Gasteiger partial charge in [0.1, 0.15) is 5.54 Å². The Bertz CT molecular complexity index is 708. The molecule has 0 spiro atoms. The summed E-state index contributed by atoms with van der Waals surface area (Å²) in [7, 11) is 0. The summed E-state index contributed by atoms with van der Waals surface area (Å²) in [5.74, 6) is -2.66. The Morgan fingerprint density at radius 3 is 2.54 bits per heavy atom. The number of Topliss-reactive ketones (excluding diaryl/α,β-unsaturated/α-hetero) is 1. The molecule has 1 aromatic carbocycles. The second-order valence-electron chi connectivity index (χ2n) is 6.98. The third-order valence-electron chi connectivity index (χ3n) is 4.23. The zero-order valence-electron chi connectivity index (χ0n) is 14.6. The van der Waals surface area contributed by atoms with Crippen LogP contribution in [0.4, 0.5) is 5.69 Å². The maximum atomic E-state index is 12.6. The van der Waals surface area contributed by atoms with E-state index in [0.29, 0.717) is 12.1 Å². The van der Waals surface area contributed by atoms with Crippen molar-refractivity contribution in [3.8, 4) is 0 Å². The highest BCUT2D eigenvalue weighted by molar-refractivity contribution is 6.27. The number of hydrogen-bond acceptors (Lipinski definition) is 3. The van der Waals surface area contributed by atoms with Crippen LogP contribution in [0, 0.1) is 5.92 Å². The van der Waals surface area contributed by atoms with Gasteiger partial charge in [-0.3, -0.25) is 14.4 Å². The summed E-state index contributed by atoms with van der Waals surface area (Å²) in [6.45, 7) is 11.2. The number of carbonyl (C=O) groups excluding carboxylic acids is 3. The molecule has 0 bridgehead atoms. The van der Waals surface area contributed by atoms with Crippen LogP contribution in [0.25, 0.3) is 0 Å². The quantitative estimate of drug-likeness (QED) is 0.644. The fourth-order valence-electron chi connectivity index (χ4n) is 3.14. The van der Waals surface area contributed by atoms with Gasteiger partial charge in [0.25, 0.3) is 0 Å². The van der Waals surface area contributed by atoms with Crippen molar-refractivity contribution in [2.45, 2.75) is 45.6 Å². The van der Waals surface area contributed by atoms with Crippen molar-refractivity contribution in [2.75, 3.05) is 5.32 Å². The number of para-hydroxylation sites is 1. The second kappa shape index (κ2) is 6.59. The van der Waals surface area contributed by atoms with E-state index in [0.717, 1.165) is 11.1 Å². The predicted octanol–water partition coefficient (Wildman–Crippen LogP) is 2.79. The van der Waals surface area contributed by atoms with Gasteiger partial charge in [0.15, 0.2) is 11.7 Å². The smallest absolute Gasteiger partial charge is 0.244 e. The molecular weight excluding hydrogens is 304 g/mol. The Morgan fingerprint density at radius 1 is 1.33 bits per heavy atom. The predicted molar refractivity (Wildman–Crippen MR) is 93.6 cm³/mol. The summed E-state index contributed by atoms with van der Waals surface area (Å²) < 4.78 is 0. The second-order valence-corrected chi connectivity index (χ2v) is 6.98. The van der Waals surface area contributed by atoms with Crippen molar-refractivity contribution < 1.29 is 14.4 Å². The van der Waals surface area contributed by atoms with Crippen LogP contribution in [0.3, 0.4) is 0 Å². The summed E-state index contributed by atoms with van der Waals surface area (Å²) in [5, 5.41) is 5.40. The fraction of sp³-hybridized carbons (Fsp3) is 0.421. The topological polar surface area (TPSA) is 75.3 Å². The van der Waals surface area contributed by atoms with Crippen molar-refractivity contribution in [3.63, 3.8) is 0 Å². The van der Waals surface area contributed by atoms with E-state index < -0.39 is 29.1 Å². The van der Waals surface area contributed by atoms with Crippen molar-refractivity contribution in [1.29, 1.82) is 0 Å². The van der Waals surface area contributed by atoms with Gasteiger partial charge in [-0.05, 0) is 37.8 Å². The van der Waals surface area contributed by atoms with Crippen molar-refractivity contribution in [2.24, 2.45) is 5.92 Å². The minimum Gasteiger partial charge on any atom is -0.342 e. The van der Waals surface area contributed by atoms with Crippen molar-refractivity contribution in [3.05, 3.63) is 42.0 Å². The van der Waals surface area contributed by atoms with E-state index in [1.165, 1.54) is 0 Å². The van der Waals surface area contributed by atoms with E-state index in [1.807, 2.05) is 32.0 Å². The fourth-order valence-corrected chi connectivity index (χ4v) is 3.14. The van der Waals surface area contributed by atoms with Crippen molar-refractivity contribution >= 4 is 23.3 Å². The Hall–Kier alpha value is -2.43. The molecule has 1 saturated heterocycles. The molecule has 1 aliphatic rings. The highest BCUT2D eigenvalue weighted by atomic mass is 16.2. The summed E-state index contributed by atoms with van der Waals surface area (Å²) in [6, 6.07) is 7.39. The van der Waals surface area contributed by atoms with Crippen LogP contribution in [0.5, 0.6) is 0 Å². The molecule has 1 aromatic rings. The van der Waals surface area contributed by atoms with Gasteiger partial charge < -0.3 is 10.6 Å². The first-order valence-electron chi connectivity index (χ1n) is 8.06. The summed E-state index contributed by atoms with van der Waals surface area (Å²) in [5.41, 5.74) is 1.30. The molecule has 0 saturated carbocycles. The number of ketones is 1. The monoisotopic (exact) mass is 328 g/mol. The van der Waals surface area contributed by atoms with Crippen LogP contribution < -0.4 is 10.6 Å². The molecule has 2 rings (SSSR count). The molecule has 0 radical (unpaired) electrons. The van der Waals surface area contributed by atoms with E-state index in [9.17, 15) is 14.4 Å². The lowest BCUT2D eigenvalue weighted by Crippen LogP contribution is -2.43. The molecule has 1 heterocycles. The molecule has 5 nitrogen and oxygen atoms in total. The average molecular weight is 328 g/mol.